The van der Waals surface area contributed by atoms with Gasteiger partial charge in [-0.05, 0) is 13.8 Å². The number of hydrogen-bond donors (Lipinski definition) is 1. The minimum absolute atomic E-state index is 0.00515. The van der Waals surface area contributed by atoms with Gasteiger partial charge in [-0.25, -0.2) is 9.97 Å². The molecule has 0 aliphatic carbocycles. The molecule has 1 fully saturated rings. The summed E-state index contributed by atoms with van der Waals surface area (Å²) in [7, 11) is 0. The van der Waals surface area contributed by atoms with Crippen LogP contribution in [0.1, 0.15) is 33.1 Å². The zero-order valence-corrected chi connectivity index (χ0v) is 12.1. The van der Waals surface area contributed by atoms with Gasteiger partial charge in [0.1, 0.15) is 16.8 Å². The second-order valence-electron chi connectivity index (χ2n) is 4.66. The summed E-state index contributed by atoms with van der Waals surface area (Å²) in [6.07, 6.45) is -0.272. The molecule has 3 rings (SSSR count). The number of aromatic amines is 1. The van der Waals surface area contributed by atoms with Crippen molar-refractivity contribution >= 4 is 17.2 Å². The Hall–Kier alpha value is -1.80. The molecule has 1 N–H and O–H groups in total. The fourth-order valence-electron chi connectivity index (χ4n) is 2.14. The van der Waals surface area contributed by atoms with E-state index in [0.717, 1.165) is 11.5 Å². The third kappa shape index (κ3) is 2.44. The first kappa shape index (κ1) is 13.2. The summed E-state index contributed by atoms with van der Waals surface area (Å²) < 4.78 is 5.65. The first-order chi connectivity index (χ1) is 9.65. The van der Waals surface area contributed by atoms with Gasteiger partial charge in [0.15, 0.2) is 5.82 Å². The zero-order chi connectivity index (χ0) is 14.1. The van der Waals surface area contributed by atoms with Crippen LogP contribution < -0.4 is 0 Å². The summed E-state index contributed by atoms with van der Waals surface area (Å²) in [6.45, 7) is 5.22. The fourth-order valence-corrected chi connectivity index (χ4v) is 2.91. The normalized spacial score (nSPS) is 19.3. The van der Waals surface area contributed by atoms with E-state index in [1.165, 1.54) is 11.3 Å². The summed E-state index contributed by atoms with van der Waals surface area (Å²) in [6, 6.07) is 0. The molecule has 1 atom stereocenters. The number of carbonyl (C=O) groups excluding carboxylic acids is 1. The van der Waals surface area contributed by atoms with Crippen molar-refractivity contribution < 1.29 is 9.53 Å². The van der Waals surface area contributed by atoms with Crippen molar-refractivity contribution in [2.45, 2.75) is 20.0 Å². The maximum atomic E-state index is 12.5. The summed E-state index contributed by atoms with van der Waals surface area (Å²) in [4.78, 5) is 23.3. The molecular weight excluding hydrogens is 278 g/mol. The van der Waals surface area contributed by atoms with Crippen LogP contribution in [0.2, 0.25) is 0 Å². The Morgan fingerprint density at radius 3 is 3.05 bits per heavy atom. The highest BCUT2D eigenvalue weighted by atomic mass is 32.1. The lowest BCUT2D eigenvalue weighted by atomic mass is 10.2. The van der Waals surface area contributed by atoms with E-state index in [1.54, 1.807) is 10.4 Å². The molecule has 2 aromatic rings. The molecule has 8 heteroatoms. The lowest BCUT2D eigenvalue weighted by Gasteiger charge is -2.31. The summed E-state index contributed by atoms with van der Waals surface area (Å²) >= 11 is 1.37. The van der Waals surface area contributed by atoms with Crippen LogP contribution in [-0.2, 0) is 4.74 Å². The molecule has 2 aromatic heterocycles. The van der Waals surface area contributed by atoms with Gasteiger partial charge in [0, 0.05) is 6.54 Å². The quantitative estimate of drug-likeness (QED) is 0.896. The van der Waals surface area contributed by atoms with E-state index in [-0.39, 0.29) is 12.0 Å². The highest BCUT2D eigenvalue weighted by Crippen LogP contribution is 2.22. The van der Waals surface area contributed by atoms with Crippen molar-refractivity contribution in [3.05, 3.63) is 27.7 Å². The summed E-state index contributed by atoms with van der Waals surface area (Å²) in [5, 5.41) is 6.90. The van der Waals surface area contributed by atoms with Crippen molar-refractivity contribution in [3.8, 4) is 0 Å². The van der Waals surface area contributed by atoms with Gasteiger partial charge >= 0.3 is 0 Å². The number of thiazole rings is 1. The largest absolute Gasteiger partial charge is 0.366 e. The monoisotopic (exact) mass is 293 g/mol. The highest BCUT2D eigenvalue weighted by Gasteiger charge is 2.29. The molecular formula is C12H15N5O2S. The van der Waals surface area contributed by atoms with Gasteiger partial charge < -0.3 is 9.64 Å². The van der Waals surface area contributed by atoms with Gasteiger partial charge in [-0.3, -0.25) is 9.89 Å². The number of carbonyl (C=O) groups is 1. The predicted octanol–water partition coefficient (Wildman–Crippen LogP) is 1.09. The van der Waals surface area contributed by atoms with Gasteiger partial charge in [0.05, 0.1) is 24.4 Å². The number of amides is 1. The Kier molecular flexibility index (Phi) is 3.49. The van der Waals surface area contributed by atoms with Crippen LogP contribution in [0, 0.1) is 13.8 Å². The van der Waals surface area contributed by atoms with Crippen LogP contribution in [0.3, 0.4) is 0 Å². The van der Waals surface area contributed by atoms with Crippen LogP contribution in [0.25, 0.3) is 0 Å². The van der Waals surface area contributed by atoms with Crippen molar-refractivity contribution in [2.75, 3.05) is 19.7 Å². The van der Waals surface area contributed by atoms with Crippen molar-refractivity contribution in [2.24, 2.45) is 0 Å². The summed E-state index contributed by atoms with van der Waals surface area (Å²) in [5.74, 6) is 1.34. The van der Waals surface area contributed by atoms with Gasteiger partial charge in [0.25, 0.3) is 5.91 Å². The smallest absolute Gasteiger partial charge is 0.266 e. The van der Waals surface area contributed by atoms with Crippen LogP contribution >= 0.6 is 11.3 Å². The Bertz CT molecular complexity index is 623. The molecule has 7 nitrogen and oxygen atoms in total. The molecule has 20 heavy (non-hydrogen) atoms. The molecule has 1 aliphatic heterocycles. The second-order valence-corrected chi connectivity index (χ2v) is 5.51. The first-order valence-electron chi connectivity index (χ1n) is 6.35. The number of ether oxygens (including phenoxy) is 1. The van der Waals surface area contributed by atoms with Crippen LogP contribution in [0.15, 0.2) is 5.51 Å². The van der Waals surface area contributed by atoms with Crippen LogP contribution in [-0.4, -0.2) is 50.7 Å². The molecule has 0 radical (unpaired) electrons. The maximum Gasteiger partial charge on any atom is 0.266 e. The number of aromatic nitrogens is 4. The number of morpholine rings is 1. The van der Waals surface area contributed by atoms with Crippen molar-refractivity contribution in [1.29, 1.82) is 0 Å². The average Bonchev–Trinajstić information content (AvgIpc) is 3.07. The highest BCUT2D eigenvalue weighted by molar-refractivity contribution is 7.11. The molecule has 0 saturated carbocycles. The maximum absolute atomic E-state index is 12.5. The van der Waals surface area contributed by atoms with E-state index in [0.29, 0.717) is 30.4 Å². The molecule has 0 aromatic carbocycles. The van der Waals surface area contributed by atoms with Crippen LogP contribution in [0.4, 0.5) is 0 Å². The number of nitrogens with one attached hydrogen (secondary N) is 1. The zero-order valence-electron chi connectivity index (χ0n) is 11.3. The molecule has 1 amide bonds. The average molecular weight is 293 g/mol. The van der Waals surface area contributed by atoms with E-state index in [2.05, 4.69) is 20.2 Å². The van der Waals surface area contributed by atoms with Gasteiger partial charge in [-0.15, -0.1) is 11.3 Å². The molecule has 1 aliphatic rings. The minimum atomic E-state index is -0.272. The predicted molar refractivity (Wildman–Crippen MR) is 72.6 cm³/mol. The van der Waals surface area contributed by atoms with E-state index >= 15 is 0 Å². The first-order valence-corrected chi connectivity index (χ1v) is 7.23. The number of hydrogen-bond acceptors (Lipinski definition) is 6. The van der Waals surface area contributed by atoms with Gasteiger partial charge in [0.2, 0.25) is 0 Å². The Morgan fingerprint density at radius 2 is 2.40 bits per heavy atom. The third-order valence-corrected chi connectivity index (χ3v) is 4.11. The van der Waals surface area contributed by atoms with Gasteiger partial charge in [-0.2, -0.15) is 5.10 Å². The Labute approximate surface area is 120 Å². The number of rotatable bonds is 2. The minimum Gasteiger partial charge on any atom is -0.366 e. The standard InChI is InChI=1S/C12H15N5O2S/c1-7-10(20-6-13-7)12(18)17-3-4-19-9(5-17)11-14-8(2)15-16-11/h6,9H,3-5H2,1-2H3,(H,14,15,16)/t9-/m0/s1. The molecule has 0 unspecified atom stereocenters. The van der Waals surface area contributed by atoms with Crippen molar-refractivity contribution in [3.63, 3.8) is 0 Å². The molecule has 106 valence electrons. The second kappa shape index (κ2) is 5.29. The van der Waals surface area contributed by atoms with E-state index < -0.39 is 0 Å². The van der Waals surface area contributed by atoms with E-state index in [9.17, 15) is 4.79 Å². The van der Waals surface area contributed by atoms with Crippen molar-refractivity contribution in [1.82, 2.24) is 25.1 Å². The van der Waals surface area contributed by atoms with E-state index in [4.69, 9.17) is 4.74 Å². The third-order valence-electron chi connectivity index (χ3n) is 3.20. The number of aryl methyl sites for hydroxylation is 2. The number of nitrogens with zero attached hydrogens (tertiary/aromatic N) is 4. The Balaban J connectivity index is 1.75. The Morgan fingerprint density at radius 1 is 1.55 bits per heavy atom. The van der Waals surface area contributed by atoms with Gasteiger partial charge in [-0.1, -0.05) is 0 Å². The SMILES string of the molecule is Cc1nc([C@@H]2CN(C(=O)c3scnc3C)CCO2)n[nH]1. The lowest BCUT2D eigenvalue weighted by molar-refractivity contribution is -0.0265. The topological polar surface area (TPSA) is 84.0 Å². The molecule has 1 saturated heterocycles. The van der Waals surface area contributed by atoms with Crippen LogP contribution in [0.5, 0.6) is 0 Å². The molecule has 0 bridgehead atoms. The number of H-pyrrole nitrogens is 1. The molecule has 3 heterocycles. The molecule has 0 spiro atoms. The summed E-state index contributed by atoms with van der Waals surface area (Å²) in [5.41, 5.74) is 2.47. The lowest BCUT2D eigenvalue weighted by Crippen LogP contribution is -2.42. The fraction of sp³-hybridized carbons (Fsp3) is 0.500. The van der Waals surface area contributed by atoms with E-state index in [1.807, 2.05) is 13.8 Å².